The molecule has 1 fully saturated rings. The highest BCUT2D eigenvalue weighted by atomic mass is 32.2. The normalized spacial score (nSPS) is 18.5. The van der Waals surface area contributed by atoms with E-state index in [-0.39, 0.29) is 11.5 Å². The zero-order chi connectivity index (χ0) is 10.8. The van der Waals surface area contributed by atoms with Crippen molar-refractivity contribution in [3.63, 3.8) is 0 Å². The average Bonchev–Trinajstić information content (AvgIpc) is 2.85. The van der Waals surface area contributed by atoms with Crippen molar-refractivity contribution >= 4 is 10.2 Å². The van der Waals surface area contributed by atoms with Gasteiger partial charge in [0.25, 0.3) is 10.2 Å². The molecule has 0 aliphatic heterocycles. The molecule has 0 bridgehead atoms. The lowest BCUT2D eigenvalue weighted by atomic mass is 9.95. The van der Waals surface area contributed by atoms with E-state index in [2.05, 4.69) is 9.44 Å². The van der Waals surface area contributed by atoms with Crippen LogP contribution in [-0.4, -0.2) is 27.5 Å². The molecule has 4 N–H and O–H groups in total. The number of hydrogen-bond donors (Lipinski definition) is 3. The molecule has 0 aromatic carbocycles. The topological polar surface area (TPSA) is 84.2 Å². The van der Waals surface area contributed by atoms with Crippen molar-refractivity contribution in [2.75, 3.05) is 13.1 Å². The first kappa shape index (κ1) is 11.9. The predicted octanol–water partition coefficient (Wildman–Crippen LogP) is -0.442. The third kappa shape index (κ3) is 4.36. The maximum atomic E-state index is 11.4. The highest BCUT2D eigenvalue weighted by Crippen LogP contribution is 2.19. The van der Waals surface area contributed by atoms with E-state index < -0.39 is 10.2 Å². The lowest BCUT2D eigenvalue weighted by molar-refractivity contribution is 0.375. The molecular weight excluding hydrogens is 202 g/mol. The lowest BCUT2D eigenvalue weighted by Gasteiger charge is -2.22. The molecule has 14 heavy (non-hydrogen) atoms. The van der Waals surface area contributed by atoms with Gasteiger partial charge in [-0.05, 0) is 24.8 Å². The molecule has 1 aliphatic carbocycles. The minimum Gasteiger partial charge on any atom is -0.330 e. The Morgan fingerprint density at radius 3 is 2.43 bits per heavy atom. The van der Waals surface area contributed by atoms with Gasteiger partial charge in [0, 0.05) is 12.6 Å². The minimum absolute atomic E-state index is 0.147. The molecule has 0 heterocycles. The van der Waals surface area contributed by atoms with Gasteiger partial charge in [-0.25, -0.2) is 4.72 Å². The van der Waals surface area contributed by atoms with Gasteiger partial charge in [0.2, 0.25) is 0 Å². The molecule has 0 saturated heterocycles. The maximum Gasteiger partial charge on any atom is 0.277 e. The van der Waals surface area contributed by atoms with Gasteiger partial charge in [-0.15, -0.1) is 0 Å². The molecule has 0 amide bonds. The number of rotatable bonds is 6. The molecular formula is C8H19N3O2S. The van der Waals surface area contributed by atoms with Crippen molar-refractivity contribution in [3.05, 3.63) is 0 Å². The summed E-state index contributed by atoms with van der Waals surface area (Å²) in [5, 5.41) is 0. The summed E-state index contributed by atoms with van der Waals surface area (Å²) in [6.45, 7) is 4.67. The van der Waals surface area contributed by atoms with E-state index in [1.165, 1.54) is 0 Å². The van der Waals surface area contributed by atoms with Gasteiger partial charge >= 0.3 is 0 Å². The quantitative estimate of drug-likeness (QED) is 0.568. The van der Waals surface area contributed by atoms with Gasteiger partial charge < -0.3 is 5.73 Å². The molecule has 0 radical (unpaired) electrons. The molecule has 0 spiro atoms. The Kier molecular flexibility index (Phi) is 3.52. The van der Waals surface area contributed by atoms with E-state index in [9.17, 15) is 8.42 Å². The van der Waals surface area contributed by atoms with Crippen LogP contribution in [0, 0.1) is 5.41 Å². The van der Waals surface area contributed by atoms with Gasteiger partial charge in [0.1, 0.15) is 0 Å². The first-order chi connectivity index (χ1) is 6.35. The summed E-state index contributed by atoms with van der Waals surface area (Å²) >= 11 is 0. The van der Waals surface area contributed by atoms with Crippen LogP contribution in [0.4, 0.5) is 0 Å². The summed E-state index contributed by atoms with van der Waals surface area (Å²) in [5.41, 5.74) is 5.30. The molecule has 0 unspecified atom stereocenters. The molecule has 0 aromatic heterocycles. The van der Waals surface area contributed by atoms with Crippen LogP contribution in [0.2, 0.25) is 0 Å². The Balaban J connectivity index is 2.35. The van der Waals surface area contributed by atoms with Crippen LogP contribution < -0.4 is 15.2 Å². The number of hydrogen-bond acceptors (Lipinski definition) is 3. The van der Waals surface area contributed by atoms with Crippen LogP contribution in [0.15, 0.2) is 0 Å². The third-order valence-corrected chi connectivity index (χ3v) is 3.36. The Labute approximate surface area is 85.6 Å². The fraction of sp³-hybridized carbons (Fsp3) is 1.00. The van der Waals surface area contributed by atoms with E-state index in [4.69, 9.17) is 5.73 Å². The highest BCUT2D eigenvalue weighted by molar-refractivity contribution is 7.87. The summed E-state index contributed by atoms with van der Waals surface area (Å²) in [6, 6.07) is 0.147. The molecule has 1 saturated carbocycles. The third-order valence-electron chi connectivity index (χ3n) is 2.19. The van der Waals surface area contributed by atoms with Crippen molar-refractivity contribution in [1.29, 1.82) is 0 Å². The summed E-state index contributed by atoms with van der Waals surface area (Å²) in [6.07, 6.45) is 1.89. The van der Waals surface area contributed by atoms with Crippen molar-refractivity contribution < 1.29 is 8.42 Å². The Morgan fingerprint density at radius 1 is 1.43 bits per heavy atom. The van der Waals surface area contributed by atoms with E-state index in [1.54, 1.807) is 0 Å². The van der Waals surface area contributed by atoms with Crippen molar-refractivity contribution in [1.82, 2.24) is 9.44 Å². The van der Waals surface area contributed by atoms with E-state index in [0.29, 0.717) is 13.1 Å². The molecule has 6 heteroatoms. The number of nitrogens with two attached hydrogens (primary N) is 1. The Hall–Kier alpha value is -0.170. The fourth-order valence-electron chi connectivity index (χ4n) is 0.825. The second kappa shape index (κ2) is 4.14. The summed E-state index contributed by atoms with van der Waals surface area (Å²) < 4.78 is 27.8. The molecule has 1 aliphatic rings. The minimum atomic E-state index is -3.32. The summed E-state index contributed by atoms with van der Waals surface area (Å²) in [4.78, 5) is 0. The molecule has 0 atom stereocenters. The maximum absolute atomic E-state index is 11.4. The van der Waals surface area contributed by atoms with Gasteiger partial charge in [0.05, 0.1) is 0 Å². The fourth-order valence-corrected chi connectivity index (χ4v) is 2.16. The molecule has 1 rings (SSSR count). The zero-order valence-corrected chi connectivity index (χ0v) is 9.52. The Morgan fingerprint density at radius 2 is 2.00 bits per heavy atom. The van der Waals surface area contributed by atoms with Crippen LogP contribution in [-0.2, 0) is 10.2 Å². The van der Waals surface area contributed by atoms with Gasteiger partial charge in [-0.2, -0.15) is 13.1 Å². The van der Waals surface area contributed by atoms with Crippen molar-refractivity contribution in [2.24, 2.45) is 11.1 Å². The van der Waals surface area contributed by atoms with Crippen LogP contribution in [0.5, 0.6) is 0 Å². The van der Waals surface area contributed by atoms with Crippen molar-refractivity contribution in [3.8, 4) is 0 Å². The van der Waals surface area contributed by atoms with Crippen LogP contribution in [0.1, 0.15) is 26.7 Å². The van der Waals surface area contributed by atoms with Crippen LogP contribution in [0.3, 0.4) is 0 Å². The lowest BCUT2D eigenvalue weighted by Crippen LogP contribution is -2.44. The van der Waals surface area contributed by atoms with E-state index in [1.807, 2.05) is 13.8 Å². The second-order valence-corrected chi connectivity index (χ2v) is 6.12. The first-order valence-corrected chi connectivity index (χ1v) is 6.30. The molecule has 0 aromatic rings. The van der Waals surface area contributed by atoms with E-state index in [0.717, 1.165) is 12.8 Å². The molecule has 84 valence electrons. The smallest absolute Gasteiger partial charge is 0.277 e. The molecule has 5 nitrogen and oxygen atoms in total. The van der Waals surface area contributed by atoms with Gasteiger partial charge in [0.15, 0.2) is 0 Å². The first-order valence-electron chi connectivity index (χ1n) is 4.82. The number of nitrogens with one attached hydrogen (secondary N) is 2. The standard InChI is InChI=1S/C8H19N3O2S/c1-8(2,5-9)6-10-14(12,13)11-7-3-4-7/h7,10-11H,3-6,9H2,1-2H3. The van der Waals surface area contributed by atoms with Crippen molar-refractivity contribution in [2.45, 2.75) is 32.7 Å². The van der Waals surface area contributed by atoms with E-state index >= 15 is 0 Å². The zero-order valence-electron chi connectivity index (χ0n) is 8.71. The predicted molar refractivity (Wildman–Crippen MR) is 55.9 cm³/mol. The SMILES string of the molecule is CC(C)(CN)CNS(=O)(=O)NC1CC1. The van der Waals surface area contributed by atoms with Gasteiger partial charge in [-0.3, -0.25) is 0 Å². The largest absolute Gasteiger partial charge is 0.330 e. The van der Waals surface area contributed by atoms with Crippen LogP contribution >= 0.6 is 0 Å². The monoisotopic (exact) mass is 221 g/mol. The summed E-state index contributed by atoms with van der Waals surface area (Å²) in [7, 11) is -3.32. The second-order valence-electron chi connectivity index (χ2n) is 4.59. The van der Waals surface area contributed by atoms with Crippen LogP contribution in [0.25, 0.3) is 0 Å². The highest BCUT2D eigenvalue weighted by Gasteiger charge is 2.27. The summed E-state index contributed by atoms with van der Waals surface area (Å²) in [5.74, 6) is 0. The average molecular weight is 221 g/mol. The Bertz CT molecular complexity index is 283. The van der Waals surface area contributed by atoms with Gasteiger partial charge in [-0.1, -0.05) is 13.8 Å².